The maximum Gasteiger partial charge on any atom is 0.295 e. The van der Waals surface area contributed by atoms with E-state index >= 15 is 0 Å². The third kappa shape index (κ3) is 4.20. The molecule has 0 radical (unpaired) electrons. The van der Waals surface area contributed by atoms with Crippen LogP contribution in [-0.4, -0.2) is 42.8 Å². The molecule has 34 heavy (non-hydrogen) atoms. The van der Waals surface area contributed by atoms with E-state index in [1.165, 1.54) is 17.8 Å². The number of imidazole rings is 2. The Labute approximate surface area is 196 Å². The normalized spacial score (nSPS) is 17.4. The summed E-state index contributed by atoms with van der Waals surface area (Å²) in [6, 6.07) is 7.31. The van der Waals surface area contributed by atoms with Gasteiger partial charge < -0.3 is 20.2 Å². The molecule has 3 heterocycles. The molecule has 4 aromatic rings. The molecule has 1 saturated carbocycles. The van der Waals surface area contributed by atoms with Crippen LogP contribution < -0.4 is 10.6 Å². The number of hydrogen-bond acceptors (Lipinski definition) is 6. The van der Waals surface area contributed by atoms with Crippen molar-refractivity contribution in [1.29, 1.82) is 0 Å². The number of halogens is 3. The summed E-state index contributed by atoms with van der Waals surface area (Å²) < 4.78 is 41.8. The highest BCUT2D eigenvalue weighted by Crippen LogP contribution is 2.37. The molecule has 0 saturated heterocycles. The van der Waals surface area contributed by atoms with Gasteiger partial charge in [0.25, 0.3) is 6.43 Å². The number of anilines is 3. The number of carbonyl (C=O) groups is 1. The minimum absolute atomic E-state index is 0.0143. The fourth-order valence-corrected chi connectivity index (χ4v) is 4.24. The van der Waals surface area contributed by atoms with Crippen LogP contribution in [0.5, 0.6) is 0 Å². The molecule has 2 atom stereocenters. The van der Waals surface area contributed by atoms with Crippen molar-refractivity contribution in [2.45, 2.75) is 23.9 Å². The van der Waals surface area contributed by atoms with Gasteiger partial charge in [-0.25, -0.2) is 28.1 Å². The summed E-state index contributed by atoms with van der Waals surface area (Å²) >= 11 is 1.51. The lowest BCUT2D eigenvalue weighted by Crippen LogP contribution is -2.16. The zero-order valence-corrected chi connectivity index (χ0v) is 19.0. The first-order valence-electron chi connectivity index (χ1n) is 10.4. The lowest BCUT2D eigenvalue weighted by molar-refractivity contribution is -0.117. The Hall–Kier alpha value is -3.54. The summed E-state index contributed by atoms with van der Waals surface area (Å²) in [5.41, 5.74) is 3.32. The standard InChI is InChI=1S/C22H20F3N7OS/c1-32-9-26-8-15(32)10-3-4-13(16(5-10)34-2)27-14-7-17(29-22(33)11-6-12(11)23)28-20-18(14)30-21(31-20)19(24)25/h3-5,7-9,11-12,19H,6H2,1-2H3,(H3,27,28,29,30,31,33). The highest BCUT2D eigenvalue weighted by Gasteiger charge is 2.43. The van der Waals surface area contributed by atoms with Gasteiger partial charge in [0.1, 0.15) is 17.5 Å². The molecule has 176 valence electrons. The number of aromatic nitrogens is 5. The van der Waals surface area contributed by atoms with E-state index in [0.29, 0.717) is 5.69 Å². The topological polar surface area (TPSA) is 101 Å². The largest absolute Gasteiger partial charge is 0.353 e. The number of aryl methyl sites for hydroxylation is 1. The van der Waals surface area contributed by atoms with Crippen molar-refractivity contribution in [2.24, 2.45) is 13.0 Å². The Morgan fingerprint density at radius 1 is 1.26 bits per heavy atom. The second-order valence-corrected chi connectivity index (χ2v) is 8.80. The number of thioether (sulfide) groups is 1. The molecule has 1 aliphatic carbocycles. The van der Waals surface area contributed by atoms with Crippen molar-refractivity contribution in [3.63, 3.8) is 0 Å². The van der Waals surface area contributed by atoms with Crippen LogP contribution in [0.2, 0.25) is 0 Å². The Bertz CT molecular complexity index is 1390. The molecule has 3 N–H and O–H groups in total. The quantitative estimate of drug-likeness (QED) is 0.315. The Morgan fingerprint density at radius 3 is 2.71 bits per heavy atom. The van der Waals surface area contributed by atoms with Crippen LogP contribution >= 0.6 is 11.8 Å². The molecular weight excluding hydrogens is 467 g/mol. The highest BCUT2D eigenvalue weighted by atomic mass is 32.2. The first kappa shape index (κ1) is 22.3. The van der Waals surface area contributed by atoms with Crippen LogP contribution in [0.15, 0.2) is 41.7 Å². The van der Waals surface area contributed by atoms with Gasteiger partial charge in [-0.15, -0.1) is 11.8 Å². The average Bonchev–Trinajstić information content (AvgIpc) is 3.18. The van der Waals surface area contributed by atoms with Gasteiger partial charge in [0.05, 0.1) is 35.5 Å². The van der Waals surface area contributed by atoms with E-state index in [1.807, 2.05) is 36.1 Å². The predicted octanol–water partition coefficient (Wildman–Crippen LogP) is 5.06. The summed E-state index contributed by atoms with van der Waals surface area (Å²) in [5.74, 6) is -1.65. The Kier molecular flexibility index (Phi) is 5.68. The molecule has 0 spiro atoms. The van der Waals surface area contributed by atoms with E-state index in [9.17, 15) is 18.0 Å². The number of H-pyrrole nitrogens is 1. The maximum absolute atomic E-state index is 13.3. The number of aromatic amines is 1. The number of alkyl halides is 3. The van der Waals surface area contributed by atoms with Crippen LogP contribution in [0.3, 0.4) is 0 Å². The maximum atomic E-state index is 13.3. The van der Waals surface area contributed by atoms with Crippen molar-refractivity contribution in [1.82, 2.24) is 24.5 Å². The molecule has 2 unspecified atom stereocenters. The van der Waals surface area contributed by atoms with Gasteiger partial charge in [-0.05, 0) is 24.8 Å². The molecule has 8 nitrogen and oxygen atoms in total. The number of amides is 1. The van der Waals surface area contributed by atoms with Gasteiger partial charge in [-0.1, -0.05) is 6.07 Å². The summed E-state index contributed by atoms with van der Waals surface area (Å²) in [5, 5.41) is 5.82. The number of nitrogens with zero attached hydrogens (tertiary/aromatic N) is 4. The molecule has 0 aliphatic heterocycles. The van der Waals surface area contributed by atoms with Gasteiger partial charge >= 0.3 is 0 Å². The number of fused-ring (bicyclic) bond motifs is 1. The second-order valence-electron chi connectivity index (χ2n) is 7.95. The fraction of sp³-hybridized carbons (Fsp3) is 0.273. The minimum atomic E-state index is -2.82. The van der Waals surface area contributed by atoms with E-state index in [2.05, 4.69) is 30.6 Å². The third-order valence-electron chi connectivity index (χ3n) is 5.57. The van der Waals surface area contributed by atoms with Crippen LogP contribution in [0, 0.1) is 5.92 Å². The molecule has 3 aromatic heterocycles. The second kappa shape index (κ2) is 8.67. The van der Waals surface area contributed by atoms with Gasteiger partial charge in [-0.3, -0.25) is 4.79 Å². The number of nitrogens with one attached hydrogen (secondary N) is 3. The number of benzene rings is 1. The lowest BCUT2D eigenvalue weighted by Gasteiger charge is -2.14. The van der Waals surface area contributed by atoms with Crippen molar-refractivity contribution < 1.29 is 18.0 Å². The van der Waals surface area contributed by atoms with E-state index in [0.717, 1.165) is 21.8 Å². The summed E-state index contributed by atoms with van der Waals surface area (Å²) in [7, 11) is 1.91. The average molecular weight is 488 g/mol. The molecule has 1 amide bonds. The Morgan fingerprint density at radius 2 is 2.06 bits per heavy atom. The van der Waals surface area contributed by atoms with Crippen LogP contribution in [0.25, 0.3) is 22.4 Å². The van der Waals surface area contributed by atoms with Crippen LogP contribution in [0.4, 0.5) is 30.4 Å². The Balaban J connectivity index is 1.53. The van der Waals surface area contributed by atoms with E-state index < -0.39 is 30.2 Å². The van der Waals surface area contributed by atoms with Gasteiger partial charge in [0.15, 0.2) is 11.5 Å². The fourth-order valence-electron chi connectivity index (χ4n) is 3.66. The summed E-state index contributed by atoms with van der Waals surface area (Å²) in [6.45, 7) is 0. The third-order valence-corrected chi connectivity index (χ3v) is 6.35. The van der Waals surface area contributed by atoms with Crippen molar-refractivity contribution in [2.75, 3.05) is 16.9 Å². The first-order chi connectivity index (χ1) is 16.3. The van der Waals surface area contributed by atoms with Gasteiger partial charge in [0, 0.05) is 23.6 Å². The summed E-state index contributed by atoms with van der Waals surface area (Å²) in [6.07, 6.45) is 1.59. The molecule has 12 heteroatoms. The molecule has 1 aromatic carbocycles. The van der Waals surface area contributed by atoms with Crippen LogP contribution in [-0.2, 0) is 11.8 Å². The van der Waals surface area contributed by atoms with E-state index in [4.69, 9.17) is 0 Å². The van der Waals surface area contributed by atoms with E-state index in [1.54, 1.807) is 12.5 Å². The van der Waals surface area contributed by atoms with Gasteiger partial charge in [-0.2, -0.15) is 0 Å². The zero-order valence-electron chi connectivity index (χ0n) is 18.1. The smallest absolute Gasteiger partial charge is 0.295 e. The number of pyridine rings is 1. The number of rotatable bonds is 7. The highest BCUT2D eigenvalue weighted by molar-refractivity contribution is 7.98. The minimum Gasteiger partial charge on any atom is -0.353 e. The van der Waals surface area contributed by atoms with Crippen molar-refractivity contribution in [3.05, 3.63) is 42.6 Å². The molecule has 0 bridgehead atoms. The summed E-state index contributed by atoms with van der Waals surface area (Å²) in [4.78, 5) is 27.9. The van der Waals surface area contributed by atoms with Crippen molar-refractivity contribution in [3.8, 4) is 11.3 Å². The van der Waals surface area contributed by atoms with E-state index in [-0.39, 0.29) is 23.4 Å². The molecular formula is C22H20F3N7OS. The van der Waals surface area contributed by atoms with Crippen LogP contribution in [0.1, 0.15) is 18.7 Å². The first-order valence-corrected chi connectivity index (χ1v) is 11.6. The molecule has 1 aliphatic rings. The van der Waals surface area contributed by atoms with Crippen molar-refractivity contribution >= 4 is 46.0 Å². The number of carbonyl (C=O) groups excluding carboxylic acids is 1. The SMILES string of the molecule is CSc1cc(-c2cncn2C)ccc1Nc1cc(NC(=O)C2CC2F)nc2nc(C(F)F)[nH]c12. The zero-order chi connectivity index (χ0) is 24.0. The van der Waals surface area contributed by atoms with Gasteiger partial charge in [0.2, 0.25) is 5.91 Å². The predicted molar refractivity (Wildman–Crippen MR) is 124 cm³/mol. The number of hydrogen-bond donors (Lipinski definition) is 3. The molecule has 1 fully saturated rings. The molecule has 5 rings (SSSR count). The monoisotopic (exact) mass is 487 g/mol. The lowest BCUT2D eigenvalue weighted by atomic mass is 10.1.